The topological polar surface area (TPSA) is 40.5 Å². The molecule has 5 rings (SSSR count). The van der Waals surface area contributed by atoms with Gasteiger partial charge in [0.1, 0.15) is 0 Å². The van der Waals surface area contributed by atoms with E-state index in [9.17, 15) is 10.2 Å². The fraction of sp³-hybridized carbons (Fsp3) is 0.931. The fourth-order valence-electron chi connectivity index (χ4n) is 11.1. The Morgan fingerprint density at radius 3 is 2.19 bits per heavy atom. The molecule has 11 atom stereocenters. The van der Waals surface area contributed by atoms with Gasteiger partial charge in [0.25, 0.3) is 0 Å². The Kier molecular flexibility index (Phi) is 4.96. The van der Waals surface area contributed by atoms with Gasteiger partial charge in [0.05, 0.1) is 12.2 Å². The third-order valence-corrected chi connectivity index (χ3v) is 13.0. The third kappa shape index (κ3) is 2.64. The zero-order valence-corrected chi connectivity index (χ0v) is 21.1. The van der Waals surface area contributed by atoms with Crippen LogP contribution in [0.2, 0.25) is 0 Å². The predicted octanol–water partition coefficient (Wildman–Crippen LogP) is 6.61. The zero-order valence-electron chi connectivity index (χ0n) is 21.1. The van der Waals surface area contributed by atoms with Crippen LogP contribution in [0.1, 0.15) is 99.3 Å². The summed E-state index contributed by atoms with van der Waals surface area (Å²) in [6, 6.07) is 0. The molecule has 2 nitrogen and oxygen atoms in total. The first kappa shape index (κ1) is 22.5. The van der Waals surface area contributed by atoms with Crippen LogP contribution in [-0.2, 0) is 0 Å². The third-order valence-electron chi connectivity index (χ3n) is 13.0. The van der Waals surface area contributed by atoms with Crippen molar-refractivity contribution in [1.82, 2.24) is 0 Å². The van der Waals surface area contributed by atoms with Crippen LogP contribution in [0, 0.1) is 57.2 Å². The van der Waals surface area contributed by atoms with Crippen LogP contribution < -0.4 is 0 Å². The van der Waals surface area contributed by atoms with Gasteiger partial charge in [-0.05, 0) is 116 Å². The normalized spacial score (nSPS) is 57.9. The van der Waals surface area contributed by atoms with E-state index in [0.717, 1.165) is 37.0 Å². The lowest BCUT2D eigenvalue weighted by molar-refractivity contribution is -0.278. The van der Waals surface area contributed by atoms with Crippen LogP contribution in [0.4, 0.5) is 0 Å². The van der Waals surface area contributed by atoms with E-state index in [1.807, 2.05) is 0 Å². The molecule has 0 saturated heterocycles. The van der Waals surface area contributed by atoms with Gasteiger partial charge in [-0.25, -0.2) is 0 Å². The first-order valence-electron chi connectivity index (χ1n) is 13.4. The van der Waals surface area contributed by atoms with E-state index < -0.39 is 0 Å². The molecule has 5 aliphatic carbocycles. The Morgan fingerprint density at radius 2 is 1.52 bits per heavy atom. The van der Waals surface area contributed by atoms with Gasteiger partial charge in [-0.3, -0.25) is 0 Å². The first-order valence-corrected chi connectivity index (χ1v) is 13.4. The molecule has 0 aromatic carbocycles. The number of fused-ring (bicyclic) bond motifs is 7. The number of hydrogen-bond acceptors (Lipinski definition) is 2. The summed E-state index contributed by atoms with van der Waals surface area (Å²) in [6.07, 6.45) is 10.4. The highest BCUT2D eigenvalue weighted by Gasteiger charge is 2.71. The molecule has 0 spiro atoms. The van der Waals surface area contributed by atoms with Crippen molar-refractivity contribution in [1.29, 1.82) is 0 Å². The van der Waals surface area contributed by atoms with Gasteiger partial charge in [0, 0.05) is 5.41 Å². The number of aliphatic hydroxyl groups is 2. The minimum absolute atomic E-state index is 0.0211. The average Bonchev–Trinajstić information content (AvgIpc) is 3.13. The summed E-state index contributed by atoms with van der Waals surface area (Å²) in [6.45, 7) is 18.8. The summed E-state index contributed by atoms with van der Waals surface area (Å²) in [4.78, 5) is 0. The van der Waals surface area contributed by atoms with Gasteiger partial charge >= 0.3 is 0 Å². The Morgan fingerprint density at radius 1 is 0.806 bits per heavy atom. The highest BCUT2D eigenvalue weighted by Crippen LogP contribution is 2.75. The molecular formula is C29H48O2. The van der Waals surface area contributed by atoms with Crippen molar-refractivity contribution in [2.45, 2.75) is 112 Å². The largest absolute Gasteiger partial charge is 0.393 e. The van der Waals surface area contributed by atoms with Gasteiger partial charge in [-0.1, -0.05) is 46.8 Å². The Hall–Kier alpha value is -0.340. The molecule has 0 amide bonds. The second kappa shape index (κ2) is 6.84. The quantitative estimate of drug-likeness (QED) is 0.462. The van der Waals surface area contributed by atoms with Crippen molar-refractivity contribution in [3.05, 3.63) is 12.2 Å². The van der Waals surface area contributed by atoms with Crippen molar-refractivity contribution < 1.29 is 10.2 Å². The fourth-order valence-corrected chi connectivity index (χ4v) is 11.1. The van der Waals surface area contributed by atoms with Crippen molar-refractivity contribution in [2.24, 2.45) is 57.2 Å². The monoisotopic (exact) mass is 428 g/mol. The van der Waals surface area contributed by atoms with E-state index in [2.05, 4.69) is 48.1 Å². The summed E-state index contributed by atoms with van der Waals surface area (Å²) in [5.74, 6) is 4.06. The van der Waals surface area contributed by atoms with Gasteiger partial charge in [0.2, 0.25) is 0 Å². The molecule has 5 saturated carbocycles. The van der Waals surface area contributed by atoms with E-state index in [-0.39, 0.29) is 33.9 Å². The number of hydrogen-bond donors (Lipinski definition) is 2. The van der Waals surface area contributed by atoms with Gasteiger partial charge < -0.3 is 10.2 Å². The van der Waals surface area contributed by atoms with Crippen molar-refractivity contribution in [3.8, 4) is 0 Å². The molecule has 0 bridgehead atoms. The molecular weight excluding hydrogens is 380 g/mol. The van der Waals surface area contributed by atoms with Gasteiger partial charge in [-0.15, -0.1) is 0 Å². The molecule has 5 aliphatic rings. The Bertz CT molecular complexity index is 756. The second-order valence-corrected chi connectivity index (χ2v) is 14.0. The lowest BCUT2D eigenvalue weighted by Gasteiger charge is -2.73. The van der Waals surface area contributed by atoms with Crippen molar-refractivity contribution in [2.75, 3.05) is 0 Å². The Labute approximate surface area is 191 Å². The smallest absolute Gasteiger partial charge is 0.0605 e. The zero-order chi connectivity index (χ0) is 22.6. The Balaban J connectivity index is 1.57. The number of rotatable bonds is 1. The van der Waals surface area contributed by atoms with Crippen molar-refractivity contribution in [3.63, 3.8) is 0 Å². The minimum atomic E-state index is -0.255. The lowest BCUT2D eigenvalue weighted by Crippen LogP contribution is -2.70. The van der Waals surface area contributed by atoms with E-state index in [1.165, 1.54) is 44.1 Å². The van der Waals surface area contributed by atoms with Crippen LogP contribution in [0.5, 0.6) is 0 Å². The molecule has 31 heavy (non-hydrogen) atoms. The molecule has 2 heteroatoms. The SMILES string of the molecule is C=C(C)C1CCC2CCC3(C)C(CCC4C5(C)CCC(O)C(C)(C)C5CC(O)C43C)C21. The standard InChI is InChI=1S/C29H48O2/c1-17(2)19-9-8-18-12-15-28(6)20(25(18)19)10-11-21-27(5)14-13-23(30)26(3,4)22(27)16-24(31)29(21,28)7/h18-25,30-31H,1,8-16H2,2-7H3. The van der Waals surface area contributed by atoms with Crippen LogP contribution in [0.25, 0.3) is 0 Å². The van der Waals surface area contributed by atoms with Crippen LogP contribution in [0.15, 0.2) is 12.2 Å². The summed E-state index contributed by atoms with van der Waals surface area (Å²) in [5, 5.41) is 22.8. The second-order valence-electron chi connectivity index (χ2n) is 14.0. The molecule has 0 radical (unpaired) electrons. The van der Waals surface area contributed by atoms with Crippen LogP contribution >= 0.6 is 0 Å². The number of aliphatic hydroxyl groups excluding tert-OH is 2. The summed E-state index contributed by atoms with van der Waals surface area (Å²) in [7, 11) is 0. The van der Waals surface area contributed by atoms with Crippen molar-refractivity contribution >= 4 is 0 Å². The maximum atomic E-state index is 12.0. The van der Waals surface area contributed by atoms with Gasteiger partial charge in [0.15, 0.2) is 0 Å². The highest BCUT2D eigenvalue weighted by molar-refractivity contribution is 5.21. The van der Waals surface area contributed by atoms with E-state index >= 15 is 0 Å². The minimum Gasteiger partial charge on any atom is -0.393 e. The molecule has 0 aromatic heterocycles. The van der Waals surface area contributed by atoms with Gasteiger partial charge in [-0.2, -0.15) is 0 Å². The summed E-state index contributed by atoms with van der Waals surface area (Å²) in [5.41, 5.74) is 1.71. The van der Waals surface area contributed by atoms with E-state index in [0.29, 0.717) is 17.8 Å². The maximum absolute atomic E-state index is 12.0. The maximum Gasteiger partial charge on any atom is 0.0605 e. The predicted molar refractivity (Wildman–Crippen MR) is 127 cm³/mol. The first-order chi connectivity index (χ1) is 14.4. The van der Waals surface area contributed by atoms with E-state index in [1.54, 1.807) is 0 Å². The molecule has 5 fully saturated rings. The summed E-state index contributed by atoms with van der Waals surface area (Å²) >= 11 is 0. The molecule has 11 unspecified atom stereocenters. The van der Waals surface area contributed by atoms with Crippen LogP contribution in [0.3, 0.4) is 0 Å². The number of allylic oxidation sites excluding steroid dienone is 1. The summed E-state index contributed by atoms with van der Waals surface area (Å²) < 4.78 is 0. The highest BCUT2D eigenvalue weighted by atomic mass is 16.3. The lowest BCUT2D eigenvalue weighted by atomic mass is 9.32. The van der Waals surface area contributed by atoms with E-state index in [4.69, 9.17) is 0 Å². The molecule has 0 aliphatic heterocycles. The van der Waals surface area contributed by atoms with Crippen LogP contribution in [-0.4, -0.2) is 22.4 Å². The average molecular weight is 429 g/mol. The molecule has 2 N–H and O–H groups in total. The molecule has 176 valence electrons. The molecule has 0 heterocycles. The molecule has 0 aromatic rings.